The summed E-state index contributed by atoms with van der Waals surface area (Å²) in [6.07, 6.45) is 0.743. The van der Waals surface area contributed by atoms with Crippen molar-refractivity contribution in [1.82, 2.24) is 4.90 Å². The van der Waals surface area contributed by atoms with Crippen molar-refractivity contribution in [2.75, 3.05) is 25.0 Å². The Bertz CT molecular complexity index is 482. The Morgan fingerprint density at radius 1 is 1.23 bits per heavy atom. The van der Waals surface area contributed by atoms with Crippen LogP contribution in [0.1, 0.15) is 25.8 Å². The molecule has 0 bridgehead atoms. The van der Waals surface area contributed by atoms with E-state index in [4.69, 9.17) is 5.73 Å². The van der Waals surface area contributed by atoms with Gasteiger partial charge in [0.1, 0.15) is 0 Å². The van der Waals surface area contributed by atoms with Gasteiger partial charge in [0.15, 0.2) is 0 Å². The van der Waals surface area contributed by atoms with E-state index in [1.54, 1.807) is 0 Å². The average Bonchev–Trinajstić information content (AvgIpc) is 2.57. The molecule has 0 aromatic heterocycles. The predicted octanol–water partition coefficient (Wildman–Crippen LogP) is 2.68. The number of nitrogens with two attached hydrogens (primary N) is 1. The number of anilines is 1. The maximum Gasteiger partial charge on any atom is 0.239 e. The fourth-order valence-electron chi connectivity index (χ4n) is 2.72. The topological polar surface area (TPSA) is 49.6 Å². The summed E-state index contributed by atoms with van der Waals surface area (Å²) in [7, 11) is 2.07. The lowest BCUT2D eigenvalue weighted by atomic mass is 10.0. The molecule has 0 saturated carbocycles. The molecule has 1 atom stereocenters. The van der Waals surface area contributed by atoms with E-state index in [0.717, 1.165) is 19.5 Å². The summed E-state index contributed by atoms with van der Waals surface area (Å²) < 4.78 is 0. The van der Waals surface area contributed by atoms with E-state index >= 15 is 0 Å². The minimum atomic E-state index is -0.384. The number of carbonyl (C=O) groups excluding carboxylic acids is 1. The number of rotatable bonds is 3. The number of nitrogens with zero attached hydrogens (tertiary/aromatic N) is 2. The van der Waals surface area contributed by atoms with Crippen LogP contribution in [0, 0.1) is 5.92 Å². The molecular formula is C16H27Cl2N3O. The Morgan fingerprint density at radius 2 is 1.86 bits per heavy atom. The third-order valence-electron chi connectivity index (χ3n) is 3.82. The van der Waals surface area contributed by atoms with Crippen molar-refractivity contribution in [1.29, 1.82) is 0 Å². The molecule has 0 spiro atoms. The van der Waals surface area contributed by atoms with E-state index in [1.807, 2.05) is 17.0 Å². The zero-order valence-electron chi connectivity index (χ0n) is 13.5. The molecular weight excluding hydrogens is 321 g/mol. The lowest BCUT2D eigenvalue weighted by Gasteiger charge is -2.25. The summed E-state index contributed by atoms with van der Waals surface area (Å²) in [6, 6.07) is 7.87. The molecule has 2 rings (SSSR count). The smallest absolute Gasteiger partial charge is 0.239 e. The Labute approximate surface area is 145 Å². The molecule has 1 heterocycles. The van der Waals surface area contributed by atoms with Crippen LogP contribution in [0.25, 0.3) is 0 Å². The zero-order valence-corrected chi connectivity index (χ0v) is 15.1. The van der Waals surface area contributed by atoms with Crippen molar-refractivity contribution >= 4 is 36.4 Å². The molecule has 0 fully saturated rings. The standard InChI is InChI=1S/C16H25N3O.2ClH/c1-12(2)10-14(17)16(20)19-9-8-18(3)15-7-5-4-6-13(15)11-19;;/h4-7,12,14H,8-11,17H2,1-3H3;2*1H/t14-;;/m0../s1. The second kappa shape index (κ2) is 9.23. The Morgan fingerprint density at radius 3 is 2.50 bits per heavy atom. The molecule has 2 N–H and O–H groups in total. The summed E-state index contributed by atoms with van der Waals surface area (Å²) in [4.78, 5) is 16.6. The third kappa shape index (κ3) is 5.04. The molecule has 0 saturated heterocycles. The minimum Gasteiger partial charge on any atom is -0.373 e. The number of hydrogen-bond acceptors (Lipinski definition) is 3. The van der Waals surface area contributed by atoms with E-state index in [0.29, 0.717) is 12.5 Å². The highest BCUT2D eigenvalue weighted by atomic mass is 35.5. The Balaban J connectivity index is 0.00000220. The van der Waals surface area contributed by atoms with Gasteiger partial charge in [0.05, 0.1) is 6.04 Å². The first-order chi connectivity index (χ1) is 9.49. The second-order valence-corrected chi connectivity index (χ2v) is 6.05. The van der Waals surface area contributed by atoms with Crippen LogP contribution in [-0.4, -0.2) is 37.0 Å². The molecule has 6 heteroatoms. The van der Waals surface area contributed by atoms with Crippen LogP contribution >= 0.6 is 24.8 Å². The van der Waals surface area contributed by atoms with Gasteiger partial charge in [-0.2, -0.15) is 0 Å². The number of likely N-dealkylation sites (N-methyl/N-ethyl adjacent to an activating group) is 1. The van der Waals surface area contributed by atoms with Crippen LogP contribution in [0.2, 0.25) is 0 Å². The lowest BCUT2D eigenvalue weighted by molar-refractivity contribution is -0.133. The first kappa shape index (κ1) is 21.0. The number of halogens is 2. The van der Waals surface area contributed by atoms with Crippen LogP contribution < -0.4 is 10.6 Å². The van der Waals surface area contributed by atoms with Crippen LogP contribution in [-0.2, 0) is 11.3 Å². The predicted molar refractivity (Wildman–Crippen MR) is 97.1 cm³/mol. The number of benzene rings is 1. The fraction of sp³-hybridized carbons (Fsp3) is 0.562. The number of para-hydroxylation sites is 1. The molecule has 4 nitrogen and oxygen atoms in total. The van der Waals surface area contributed by atoms with Crippen LogP contribution in [0.5, 0.6) is 0 Å². The summed E-state index contributed by atoms with van der Waals surface area (Å²) >= 11 is 0. The van der Waals surface area contributed by atoms with Gasteiger partial charge in [0, 0.05) is 32.4 Å². The summed E-state index contributed by atoms with van der Waals surface area (Å²) in [6.45, 7) is 6.43. The van der Waals surface area contributed by atoms with E-state index in [2.05, 4.69) is 37.9 Å². The molecule has 126 valence electrons. The molecule has 0 aliphatic carbocycles. The molecule has 1 aliphatic rings. The number of fused-ring (bicyclic) bond motifs is 1. The van der Waals surface area contributed by atoms with E-state index in [9.17, 15) is 4.79 Å². The van der Waals surface area contributed by atoms with Crippen molar-refractivity contribution < 1.29 is 4.79 Å². The quantitative estimate of drug-likeness (QED) is 0.914. The van der Waals surface area contributed by atoms with Crippen LogP contribution in [0.3, 0.4) is 0 Å². The van der Waals surface area contributed by atoms with Gasteiger partial charge < -0.3 is 15.5 Å². The minimum absolute atomic E-state index is 0. The van der Waals surface area contributed by atoms with Gasteiger partial charge in [-0.05, 0) is 24.0 Å². The summed E-state index contributed by atoms with van der Waals surface area (Å²) in [5.41, 5.74) is 8.45. The second-order valence-electron chi connectivity index (χ2n) is 6.05. The largest absolute Gasteiger partial charge is 0.373 e. The molecule has 1 aromatic carbocycles. The molecule has 1 aliphatic heterocycles. The Kier molecular flexibility index (Phi) is 8.83. The monoisotopic (exact) mass is 347 g/mol. The van der Waals surface area contributed by atoms with Crippen LogP contribution in [0.15, 0.2) is 24.3 Å². The van der Waals surface area contributed by atoms with Crippen molar-refractivity contribution in [3.63, 3.8) is 0 Å². The van der Waals surface area contributed by atoms with Gasteiger partial charge in [-0.1, -0.05) is 32.0 Å². The van der Waals surface area contributed by atoms with Crippen molar-refractivity contribution in [3.05, 3.63) is 29.8 Å². The van der Waals surface area contributed by atoms with Gasteiger partial charge in [0.2, 0.25) is 5.91 Å². The van der Waals surface area contributed by atoms with Gasteiger partial charge >= 0.3 is 0 Å². The summed E-state index contributed by atoms with van der Waals surface area (Å²) in [5.74, 6) is 0.514. The third-order valence-corrected chi connectivity index (χ3v) is 3.82. The average molecular weight is 348 g/mol. The van der Waals surface area contributed by atoms with E-state index < -0.39 is 0 Å². The molecule has 1 amide bonds. The first-order valence-corrected chi connectivity index (χ1v) is 7.32. The summed E-state index contributed by atoms with van der Waals surface area (Å²) in [5, 5.41) is 0. The zero-order chi connectivity index (χ0) is 14.7. The van der Waals surface area contributed by atoms with Crippen molar-refractivity contribution in [2.45, 2.75) is 32.9 Å². The van der Waals surface area contributed by atoms with E-state index in [-0.39, 0.29) is 36.8 Å². The van der Waals surface area contributed by atoms with Gasteiger partial charge in [-0.15, -0.1) is 24.8 Å². The molecule has 22 heavy (non-hydrogen) atoms. The maximum absolute atomic E-state index is 12.5. The molecule has 1 aromatic rings. The number of carbonyl (C=O) groups is 1. The Hall–Kier alpha value is -0.970. The van der Waals surface area contributed by atoms with E-state index in [1.165, 1.54) is 11.3 Å². The number of hydrogen-bond donors (Lipinski definition) is 1. The molecule has 0 radical (unpaired) electrons. The highest BCUT2D eigenvalue weighted by molar-refractivity contribution is 5.85. The van der Waals surface area contributed by atoms with Gasteiger partial charge in [-0.25, -0.2) is 0 Å². The van der Waals surface area contributed by atoms with Crippen molar-refractivity contribution in [2.24, 2.45) is 11.7 Å². The van der Waals surface area contributed by atoms with Crippen molar-refractivity contribution in [3.8, 4) is 0 Å². The van der Waals surface area contributed by atoms with Gasteiger partial charge in [0.25, 0.3) is 0 Å². The highest BCUT2D eigenvalue weighted by Gasteiger charge is 2.25. The molecule has 0 unspecified atom stereocenters. The number of amides is 1. The lowest BCUT2D eigenvalue weighted by Crippen LogP contribution is -2.45. The maximum atomic E-state index is 12.5. The SMILES string of the molecule is CC(C)C[C@H](N)C(=O)N1CCN(C)c2ccccc2C1.Cl.Cl. The fourth-order valence-corrected chi connectivity index (χ4v) is 2.72. The highest BCUT2D eigenvalue weighted by Crippen LogP contribution is 2.24. The normalized spacial score (nSPS) is 15.3. The first-order valence-electron chi connectivity index (χ1n) is 7.32. The van der Waals surface area contributed by atoms with Crippen LogP contribution in [0.4, 0.5) is 5.69 Å². The van der Waals surface area contributed by atoms with Gasteiger partial charge in [-0.3, -0.25) is 4.79 Å².